The zero-order valence-electron chi connectivity index (χ0n) is 10.7. The highest BCUT2D eigenvalue weighted by molar-refractivity contribution is 6.23. The molecule has 0 radical (unpaired) electrons. The van der Waals surface area contributed by atoms with Gasteiger partial charge in [-0.25, -0.2) is 0 Å². The lowest BCUT2D eigenvalue weighted by Crippen LogP contribution is -2.32. The van der Waals surface area contributed by atoms with Crippen LogP contribution in [0.1, 0.15) is 39.5 Å². The lowest BCUT2D eigenvalue weighted by molar-refractivity contribution is -0.151. The summed E-state index contributed by atoms with van der Waals surface area (Å²) in [5, 5.41) is 9.66. The molecule has 1 aliphatic carbocycles. The van der Waals surface area contributed by atoms with Gasteiger partial charge in [0.15, 0.2) is 11.6 Å². The summed E-state index contributed by atoms with van der Waals surface area (Å²) in [5.41, 5.74) is -0.127. The highest BCUT2D eigenvalue weighted by Gasteiger charge is 2.36. The predicted octanol–water partition coefficient (Wildman–Crippen LogP) is 1.71. The van der Waals surface area contributed by atoms with Crippen molar-refractivity contribution < 1.29 is 24.2 Å². The number of allylic oxidation sites excluding steroid dienone is 2. The fourth-order valence-electron chi connectivity index (χ4n) is 1.99. The predicted molar refractivity (Wildman–Crippen MR) is 63.9 cm³/mol. The maximum atomic E-state index is 11.8. The van der Waals surface area contributed by atoms with E-state index in [9.17, 15) is 19.5 Å². The van der Waals surface area contributed by atoms with E-state index in [0.717, 1.165) is 0 Å². The number of ketones is 2. The molecule has 0 saturated heterocycles. The van der Waals surface area contributed by atoms with Crippen molar-refractivity contribution in [1.29, 1.82) is 0 Å². The van der Waals surface area contributed by atoms with Crippen LogP contribution in [0.3, 0.4) is 0 Å². The molecule has 5 heteroatoms. The second kappa shape index (κ2) is 6.33. The molecule has 1 aliphatic rings. The molecule has 0 aliphatic heterocycles. The van der Waals surface area contributed by atoms with Crippen molar-refractivity contribution in [2.45, 2.75) is 39.5 Å². The third-order valence-corrected chi connectivity index (χ3v) is 2.82. The Bertz CT molecular complexity index is 374. The van der Waals surface area contributed by atoms with Gasteiger partial charge in [0.1, 0.15) is 5.76 Å². The maximum Gasteiger partial charge on any atom is 0.309 e. The molecule has 1 fully saturated rings. The van der Waals surface area contributed by atoms with Gasteiger partial charge in [0.05, 0.1) is 18.1 Å². The van der Waals surface area contributed by atoms with Gasteiger partial charge < -0.3 is 9.84 Å². The summed E-state index contributed by atoms with van der Waals surface area (Å²) in [6.07, 6.45) is 0.829. The van der Waals surface area contributed by atoms with E-state index in [0.29, 0.717) is 12.8 Å². The zero-order chi connectivity index (χ0) is 13.7. The molecule has 0 spiro atoms. The molecule has 0 atom stereocenters. The molecule has 0 amide bonds. The Kier molecular flexibility index (Phi) is 5.07. The summed E-state index contributed by atoms with van der Waals surface area (Å²) < 4.78 is 4.80. The van der Waals surface area contributed by atoms with Gasteiger partial charge in [-0.1, -0.05) is 6.92 Å². The minimum Gasteiger partial charge on any atom is -0.511 e. The summed E-state index contributed by atoms with van der Waals surface area (Å²) in [5.74, 6) is -2.31. The van der Waals surface area contributed by atoms with Crippen LogP contribution < -0.4 is 0 Å². The molecule has 0 aromatic carbocycles. The van der Waals surface area contributed by atoms with Crippen molar-refractivity contribution in [3.8, 4) is 0 Å². The van der Waals surface area contributed by atoms with Crippen LogP contribution >= 0.6 is 0 Å². The number of aliphatic hydroxyl groups excluding tert-OH is 1. The van der Waals surface area contributed by atoms with Gasteiger partial charge in [0.25, 0.3) is 0 Å². The number of hydrogen-bond donors (Lipinski definition) is 1. The third kappa shape index (κ3) is 3.18. The van der Waals surface area contributed by atoms with Crippen molar-refractivity contribution in [2.24, 2.45) is 5.92 Å². The van der Waals surface area contributed by atoms with Crippen LogP contribution in [0.15, 0.2) is 11.3 Å². The standard InChI is InChI=1S/C13H18O5/c1-3-5-9(14)12-10(15)6-8(7-11(12)16)13(17)18-4-2/h8,14H,3-7H2,1-2H3. The molecule has 0 heterocycles. The first-order valence-electron chi connectivity index (χ1n) is 6.16. The van der Waals surface area contributed by atoms with Gasteiger partial charge in [-0.3, -0.25) is 14.4 Å². The number of rotatable bonds is 4. The summed E-state index contributed by atoms with van der Waals surface area (Å²) in [4.78, 5) is 35.1. The van der Waals surface area contributed by atoms with Crippen LogP contribution in [-0.2, 0) is 19.1 Å². The average molecular weight is 254 g/mol. The fraction of sp³-hybridized carbons (Fsp3) is 0.615. The van der Waals surface area contributed by atoms with Crippen LogP contribution in [0.2, 0.25) is 0 Å². The minimum atomic E-state index is -0.705. The number of esters is 1. The van der Waals surface area contributed by atoms with Crippen molar-refractivity contribution in [3.63, 3.8) is 0 Å². The Hall–Kier alpha value is -1.65. The quantitative estimate of drug-likeness (QED) is 0.357. The Labute approximate surface area is 106 Å². The first-order chi connectivity index (χ1) is 8.51. The molecule has 18 heavy (non-hydrogen) atoms. The van der Waals surface area contributed by atoms with Crippen LogP contribution in [0.5, 0.6) is 0 Å². The summed E-state index contributed by atoms with van der Waals surface area (Å²) in [6.45, 7) is 3.74. The van der Waals surface area contributed by atoms with E-state index < -0.39 is 23.5 Å². The van der Waals surface area contributed by atoms with Crippen LogP contribution in [0.25, 0.3) is 0 Å². The molecule has 1 N–H and O–H groups in total. The van der Waals surface area contributed by atoms with E-state index >= 15 is 0 Å². The van der Waals surface area contributed by atoms with Crippen molar-refractivity contribution in [1.82, 2.24) is 0 Å². The smallest absolute Gasteiger partial charge is 0.309 e. The average Bonchev–Trinajstić information content (AvgIpc) is 2.28. The highest BCUT2D eigenvalue weighted by Crippen LogP contribution is 2.26. The molecule has 1 saturated carbocycles. The number of ether oxygens (including phenoxy) is 1. The largest absolute Gasteiger partial charge is 0.511 e. The Balaban J connectivity index is 2.84. The second-order valence-corrected chi connectivity index (χ2v) is 4.28. The minimum absolute atomic E-state index is 0.0618. The Morgan fingerprint density at radius 2 is 1.83 bits per heavy atom. The molecule has 100 valence electrons. The van der Waals surface area contributed by atoms with Crippen LogP contribution in [0, 0.1) is 5.92 Å². The Morgan fingerprint density at radius 3 is 2.28 bits per heavy atom. The number of carbonyl (C=O) groups excluding carboxylic acids is 3. The zero-order valence-corrected chi connectivity index (χ0v) is 10.7. The number of Topliss-reactive ketones (excluding diaryl/α,β-unsaturated/α-hetero) is 2. The molecule has 0 aromatic heterocycles. The lowest BCUT2D eigenvalue weighted by atomic mass is 9.83. The molecule has 5 nitrogen and oxygen atoms in total. The van der Waals surface area contributed by atoms with E-state index in [-0.39, 0.29) is 30.8 Å². The first-order valence-corrected chi connectivity index (χ1v) is 6.16. The molecular weight excluding hydrogens is 236 g/mol. The summed E-state index contributed by atoms with van der Waals surface area (Å²) in [7, 11) is 0. The Morgan fingerprint density at radius 1 is 1.28 bits per heavy atom. The maximum absolute atomic E-state index is 11.8. The highest BCUT2D eigenvalue weighted by atomic mass is 16.5. The first kappa shape index (κ1) is 14.4. The monoisotopic (exact) mass is 254 g/mol. The molecule has 1 rings (SSSR count). The van der Waals surface area contributed by atoms with Crippen molar-refractivity contribution in [3.05, 3.63) is 11.3 Å². The van der Waals surface area contributed by atoms with Gasteiger partial charge in [-0.2, -0.15) is 0 Å². The van der Waals surface area contributed by atoms with Crippen LogP contribution in [-0.4, -0.2) is 29.2 Å². The molecule has 0 aromatic rings. The summed E-state index contributed by atoms with van der Waals surface area (Å²) >= 11 is 0. The normalized spacial score (nSPS) is 19.9. The van der Waals surface area contributed by atoms with E-state index in [1.807, 2.05) is 6.92 Å². The van der Waals surface area contributed by atoms with E-state index in [1.165, 1.54) is 0 Å². The number of carbonyl (C=O) groups is 3. The molecule has 0 unspecified atom stereocenters. The summed E-state index contributed by atoms with van der Waals surface area (Å²) in [6, 6.07) is 0. The van der Waals surface area contributed by atoms with E-state index in [4.69, 9.17) is 4.74 Å². The lowest BCUT2D eigenvalue weighted by Gasteiger charge is -2.21. The van der Waals surface area contributed by atoms with Gasteiger partial charge in [-0.05, 0) is 13.3 Å². The topological polar surface area (TPSA) is 80.7 Å². The van der Waals surface area contributed by atoms with Gasteiger partial charge in [0.2, 0.25) is 0 Å². The molecular formula is C13H18O5. The third-order valence-electron chi connectivity index (χ3n) is 2.82. The SMILES string of the molecule is CCCC(O)=C1C(=O)CC(C(=O)OCC)CC1=O. The van der Waals surface area contributed by atoms with E-state index in [2.05, 4.69) is 0 Å². The number of hydrogen-bond acceptors (Lipinski definition) is 5. The van der Waals surface area contributed by atoms with Crippen LogP contribution in [0.4, 0.5) is 0 Å². The van der Waals surface area contributed by atoms with E-state index in [1.54, 1.807) is 6.92 Å². The van der Waals surface area contributed by atoms with Crippen molar-refractivity contribution in [2.75, 3.05) is 6.61 Å². The van der Waals surface area contributed by atoms with Gasteiger partial charge >= 0.3 is 5.97 Å². The van der Waals surface area contributed by atoms with Gasteiger partial charge in [-0.15, -0.1) is 0 Å². The van der Waals surface area contributed by atoms with Gasteiger partial charge in [0, 0.05) is 19.3 Å². The second-order valence-electron chi connectivity index (χ2n) is 4.28. The fourth-order valence-corrected chi connectivity index (χ4v) is 1.99. The number of aliphatic hydroxyl groups is 1. The molecule has 0 bridgehead atoms. The van der Waals surface area contributed by atoms with Crippen molar-refractivity contribution >= 4 is 17.5 Å².